The molecule has 4 aromatic carbocycles. The third-order valence-electron chi connectivity index (χ3n) is 6.80. The summed E-state index contributed by atoms with van der Waals surface area (Å²) in [5.41, 5.74) is 3.03. The fourth-order valence-electron chi connectivity index (χ4n) is 4.51. The highest BCUT2D eigenvalue weighted by Crippen LogP contribution is 2.37. The number of anilines is 2. The van der Waals surface area contributed by atoms with Gasteiger partial charge in [-0.3, -0.25) is 14.4 Å². The largest absolute Gasteiger partial charge is 0.497 e. The number of nitrogens with zero attached hydrogens (tertiary/aromatic N) is 1. The van der Waals surface area contributed by atoms with Gasteiger partial charge in [-0.25, -0.2) is 4.98 Å². The molecule has 0 fully saturated rings. The number of aromatic nitrogens is 1. The number of carbonyl (C=O) groups excluding carboxylic acids is 3. The molecule has 0 aliphatic heterocycles. The SMILES string of the molecule is COc1ccc(OC)c(/C=C(/NC(=O)c2ccccc2)C(=O)Nc2cccc(SC(C(=O)Nc3nc(C)cs3)c3ccccc3)c2)c1. The average molecular weight is 665 g/mol. The normalized spacial score (nSPS) is 11.7. The second-order valence-electron chi connectivity index (χ2n) is 10.2. The van der Waals surface area contributed by atoms with Crippen LogP contribution in [0, 0.1) is 6.92 Å². The number of thiazole rings is 1. The molecule has 1 atom stereocenters. The van der Waals surface area contributed by atoms with Crippen molar-refractivity contribution in [1.82, 2.24) is 10.3 Å². The number of rotatable bonds is 12. The van der Waals surface area contributed by atoms with Crippen LogP contribution in [-0.2, 0) is 9.59 Å². The van der Waals surface area contributed by atoms with Crippen LogP contribution in [0.2, 0.25) is 0 Å². The average Bonchev–Trinajstić information content (AvgIpc) is 3.51. The lowest BCUT2D eigenvalue weighted by atomic mass is 10.1. The number of hydrogen-bond acceptors (Lipinski definition) is 8. The molecule has 238 valence electrons. The minimum Gasteiger partial charge on any atom is -0.497 e. The first-order valence-electron chi connectivity index (χ1n) is 14.5. The molecule has 1 aromatic heterocycles. The molecule has 1 unspecified atom stereocenters. The van der Waals surface area contributed by atoms with Crippen molar-refractivity contribution in [1.29, 1.82) is 0 Å². The third-order valence-corrected chi connectivity index (χ3v) is 8.92. The van der Waals surface area contributed by atoms with Gasteiger partial charge in [0.15, 0.2) is 5.13 Å². The predicted octanol–water partition coefficient (Wildman–Crippen LogP) is 7.35. The van der Waals surface area contributed by atoms with E-state index in [-0.39, 0.29) is 11.6 Å². The number of hydrogen-bond donors (Lipinski definition) is 3. The number of nitrogens with one attached hydrogen (secondary N) is 3. The summed E-state index contributed by atoms with van der Waals surface area (Å²) in [7, 11) is 3.06. The van der Waals surface area contributed by atoms with Crippen LogP contribution in [0.25, 0.3) is 6.08 Å². The number of thioether (sulfide) groups is 1. The monoisotopic (exact) mass is 664 g/mol. The summed E-state index contributed by atoms with van der Waals surface area (Å²) in [6.45, 7) is 1.87. The highest BCUT2D eigenvalue weighted by atomic mass is 32.2. The molecule has 11 heteroatoms. The van der Waals surface area contributed by atoms with Crippen LogP contribution in [0.15, 0.2) is 119 Å². The minimum atomic E-state index is -0.590. The molecule has 0 spiro atoms. The first kappa shape index (κ1) is 33.0. The van der Waals surface area contributed by atoms with Crippen LogP contribution in [0.1, 0.15) is 32.4 Å². The second-order valence-corrected chi connectivity index (χ2v) is 12.2. The number of methoxy groups -OCH3 is 2. The van der Waals surface area contributed by atoms with Crippen LogP contribution < -0.4 is 25.4 Å². The van der Waals surface area contributed by atoms with Crippen LogP contribution in [-0.4, -0.2) is 36.9 Å². The molecule has 1 heterocycles. The molecular weight excluding hydrogens is 633 g/mol. The van der Waals surface area contributed by atoms with E-state index < -0.39 is 17.1 Å². The summed E-state index contributed by atoms with van der Waals surface area (Å²) in [5.74, 6) is -0.186. The molecule has 0 radical (unpaired) electrons. The fraction of sp³-hybridized carbons (Fsp3) is 0.111. The van der Waals surface area contributed by atoms with Gasteiger partial charge in [0.25, 0.3) is 11.8 Å². The summed E-state index contributed by atoms with van der Waals surface area (Å²) in [4.78, 5) is 45.5. The molecule has 5 rings (SSSR count). The number of aryl methyl sites for hydroxylation is 1. The van der Waals surface area contributed by atoms with Crippen molar-refractivity contribution in [3.8, 4) is 11.5 Å². The van der Waals surface area contributed by atoms with Crippen molar-refractivity contribution in [2.75, 3.05) is 24.9 Å². The van der Waals surface area contributed by atoms with Crippen molar-refractivity contribution < 1.29 is 23.9 Å². The van der Waals surface area contributed by atoms with E-state index in [9.17, 15) is 14.4 Å². The molecule has 0 aliphatic carbocycles. The maximum Gasteiger partial charge on any atom is 0.272 e. The van der Waals surface area contributed by atoms with E-state index >= 15 is 0 Å². The van der Waals surface area contributed by atoms with Gasteiger partial charge in [-0.05, 0) is 67.1 Å². The quantitative estimate of drug-likeness (QED) is 0.0943. The van der Waals surface area contributed by atoms with Gasteiger partial charge in [0.05, 0.1) is 19.9 Å². The van der Waals surface area contributed by atoms with Crippen molar-refractivity contribution >= 4 is 57.7 Å². The number of benzene rings is 4. The van der Waals surface area contributed by atoms with Gasteiger partial charge >= 0.3 is 0 Å². The lowest BCUT2D eigenvalue weighted by molar-refractivity contribution is -0.116. The van der Waals surface area contributed by atoms with Crippen molar-refractivity contribution in [3.05, 3.63) is 137 Å². The van der Waals surface area contributed by atoms with Crippen LogP contribution in [0.3, 0.4) is 0 Å². The molecule has 0 bridgehead atoms. The molecular formula is C36H32N4O5S2. The molecule has 3 N–H and O–H groups in total. The summed E-state index contributed by atoms with van der Waals surface area (Å²) < 4.78 is 10.9. The van der Waals surface area contributed by atoms with Crippen LogP contribution in [0.5, 0.6) is 11.5 Å². The Morgan fingerprint density at radius 3 is 2.28 bits per heavy atom. The van der Waals surface area contributed by atoms with E-state index in [1.807, 2.05) is 48.7 Å². The number of amides is 3. The Labute approximate surface area is 281 Å². The Balaban J connectivity index is 1.41. The van der Waals surface area contributed by atoms with Crippen LogP contribution >= 0.6 is 23.1 Å². The fourth-order valence-corrected chi connectivity index (χ4v) is 6.29. The first-order chi connectivity index (χ1) is 22.8. The molecule has 0 aliphatic rings. The lowest BCUT2D eigenvalue weighted by Crippen LogP contribution is -2.30. The van der Waals surface area contributed by atoms with E-state index in [2.05, 4.69) is 20.9 Å². The predicted molar refractivity (Wildman–Crippen MR) is 187 cm³/mol. The Bertz CT molecular complexity index is 1890. The first-order valence-corrected chi connectivity index (χ1v) is 16.2. The van der Waals surface area contributed by atoms with Crippen molar-refractivity contribution in [3.63, 3.8) is 0 Å². The zero-order valence-corrected chi connectivity index (χ0v) is 27.5. The molecule has 3 amide bonds. The highest BCUT2D eigenvalue weighted by Gasteiger charge is 2.24. The molecule has 0 saturated carbocycles. The Morgan fingerprint density at radius 1 is 0.851 bits per heavy atom. The van der Waals surface area contributed by atoms with E-state index in [0.29, 0.717) is 33.4 Å². The zero-order valence-electron chi connectivity index (χ0n) is 25.9. The van der Waals surface area contributed by atoms with E-state index in [4.69, 9.17) is 9.47 Å². The second kappa shape index (κ2) is 15.7. The summed E-state index contributed by atoms with van der Waals surface area (Å²) in [6, 6.07) is 30.4. The molecule has 9 nitrogen and oxygen atoms in total. The van der Waals surface area contributed by atoms with Gasteiger partial charge in [-0.1, -0.05) is 54.6 Å². The Morgan fingerprint density at radius 2 is 1.60 bits per heavy atom. The highest BCUT2D eigenvalue weighted by molar-refractivity contribution is 8.00. The Hall–Kier alpha value is -5.39. The molecule has 47 heavy (non-hydrogen) atoms. The maximum atomic E-state index is 13.8. The van der Waals surface area contributed by atoms with Crippen LogP contribution in [0.4, 0.5) is 10.8 Å². The van der Waals surface area contributed by atoms with Gasteiger partial charge in [0, 0.05) is 27.1 Å². The van der Waals surface area contributed by atoms with Gasteiger partial charge in [0.2, 0.25) is 5.91 Å². The summed E-state index contributed by atoms with van der Waals surface area (Å²) >= 11 is 2.71. The zero-order chi connectivity index (χ0) is 33.2. The van der Waals surface area contributed by atoms with Gasteiger partial charge in [0.1, 0.15) is 22.4 Å². The van der Waals surface area contributed by atoms with Crippen molar-refractivity contribution in [2.24, 2.45) is 0 Å². The summed E-state index contributed by atoms with van der Waals surface area (Å²) in [5, 5.41) is 10.4. The smallest absolute Gasteiger partial charge is 0.272 e. The van der Waals surface area contributed by atoms with Gasteiger partial charge < -0.3 is 25.4 Å². The van der Waals surface area contributed by atoms with E-state index in [0.717, 1.165) is 16.2 Å². The van der Waals surface area contributed by atoms with Crippen molar-refractivity contribution in [2.45, 2.75) is 17.1 Å². The van der Waals surface area contributed by atoms with Gasteiger partial charge in [-0.15, -0.1) is 23.1 Å². The molecule has 5 aromatic rings. The van der Waals surface area contributed by atoms with E-state index in [1.54, 1.807) is 66.7 Å². The van der Waals surface area contributed by atoms with Gasteiger partial charge in [-0.2, -0.15) is 0 Å². The topological polar surface area (TPSA) is 119 Å². The minimum absolute atomic E-state index is 0.0104. The number of carbonyl (C=O) groups is 3. The Kier molecular flexibility index (Phi) is 11.1. The lowest BCUT2D eigenvalue weighted by Gasteiger charge is -2.17. The maximum absolute atomic E-state index is 13.8. The number of ether oxygens (including phenoxy) is 2. The molecule has 0 saturated heterocycles. The summed E-state index contributed by atoms with van der Waals surface area (Å²) in [6.07, 6.45) is 1.53. The third kappa shape index (κ3) is 8.87. The van der Waals surface area contributed by atoms with E-state index in [1.165, 1.54) is 43.4 Å². The standard InChI is InChI=1S/C36H32N4O5S2/c1-23-22-46-36(37-23)40-35(43)32(24-11-6-4-7-12-24)47-29-16-10-15-27(21-29)38-34(42)30(39-33(41)25-13-8-5-9-14-25)20-26-19-28(44-2)17-18-31(26)45-3/h4-22,32H,1-3H3,(H,38,42)(H,39,41)(H,37,40,43)/b30-20+.